The van der Waals surface area contributed by atoms with Gasteiger partial charge in [-0.25, -0.2) is 4.98 Å². The molecule has 2 N–H and O–H groups in total. The molecule has 0 spiro atoms. The van der Waals surface area contributed by atoms with Crippen LogP contribution in [0.1, 0.15) is 41.7 Å². The van der Waals surface area contributed by atoms with Gasteiger partial charge in [0, 0.05) is 6.07 Å². The summed E-state index contributed by atoms with van der Waals surface area (Å²) in [4.78, 5) is 20.6. The predicted octanol–water partition coefficient (Wildman–Crippen LogP) is 1.48. The van der Waals surface area contributed by atoms with E-state index in [4.69, 9.17) is 4.52 Å². The molecule has 7 nitrogen and oxygen atoms in total. The van der Waals surface area contributed by atoms with Crippen molar-refractivity contribution in [2.75, 3.05) is 4.90 Å². The Morgan fingerprint density at radius 3 is 3.05 bits per heavy atom. The number of aromatic amines is 1. The summed E-state index contributed by atoms with van der Waals surface area (Å²) in [6, 6.07) is 1.91. The Morgan fingerprint density at radius 1 is 1.55 bits per heavy atom. The molecule has 0 radical (unpaired) electrons. The van der Waals surface area contributed by atoms with Gasteiger partial charge in [0.25, 0.3) is 5.91 Å². The Hall–Kier alpha value is -1.96. The van der Waals surface area contributed by atoms with E-state index in [0.717, 1.165) is 5.69 Å². The Labute approximate surface area is 121 Å². The normalized spacial score (nSPS) is 18.3. The van der Waals surface area contributed by atoms with Crippen LogP contribution in [0.4, 0.5) is 5.82 Å². The highest BCUT2D eigenvalue weighted by Crippen LogP contribution is 2.26. The lowest BCUT2D eigenvalue weighted by Crippen LogP contribution is -2.49. The number of rotatable bonds is 3. The van der Waals surface area contributed by atoms with E-state index in [1.54, 1.807) is 0 Å². The minimum atomic E-state index is -0.453. The van der Waals surface area contributed by atoms with E-state index in [2.05, 4.69) is 46.9 Å². The van der Waals surface area contributed by atoms with Gasteiger partial charge in [-0.2, -0.15) is 0 Å². The topological polar surface area (TPSA) is 87.0 Å². The van der Waals surface area contributed by atoms with Crippen LogP contribution in [0.2, 0.25) is 0 Å². The van der Waals surface area contributed by atoms with Crippen LogP contribution in [-0.2, 0) is 6.54 Å². The number of nitrogens with zero attached hydrogens (tertiary/aromatic N) is 3. The monoisotopic (exact) mass is 293 g/mol. The van der Waals surface area contributed by atoms with Crippen molar-refractivity contribution >= 4 is 24.4 Å². The first-order valence-corrected chi connectivity index (χ1v) is 6.82. The highest BCUT2D eigenvalue weighted by atomic mass is 32.1. The maximum atomic E-state index is 11.8. The number of H-pyrrole nitrogens is 1. The lowest BCUT2D eigenvalue weighted by atomic mass is 10.1. The van der Waals surface area contributed by atoms with Crippen LogP contribution >= 0.6 is 12.6 Å². The summed E-state index contributed by atoms with van der Waals surface area (Å²) in [5.41, 5.74) is 0.879. The van der Waals surface area contributed by atoms with E-state index in [1.165, 1.54) is 6.33 Å². The van der Waals surface area contributed by atoms with Gasteiger partial charge in [0.15, 0.2) is 11.6 Å². The molecule has 0 bridgehead atoms. The van der Waals surface area contributed by atoms with Gasteiger partial charge < -0.3 is 19.7 Å². The maximum absolute atomic E-state index is 11.8. The number of anilines is 1. The number of carbonyl (C=O) groups excluding carboxylic acids is 1. The van der Waals surface area contributed by atoms with Crippen molar-refractivity contribution in [2.24, 2.45) is 0 Å². The summed E-state index contributed by atoms with van der Waals surface area (Å²) >= 11 is 4.37. The van der Waals surface area contributed by atoms with Crippen molar-refractivity contribution in [3.05, 3.63) is 29.5 Å². The van der Waals surface area contributed by atoms with E-state index in [9.17, 15) is 4.79 Å². The third-order valence-electron chi connectivity index (χ3n) is 3.17. The Morgan fingerprint density at radius 2 is 2.35 bits per heavy atom. The molecule has 1 aliphatic rings. The lowest BCUT2D eigenvalue weighted by molar-refractivity contribution is 0.0937. The maximum Gasteiger partial charge on any atom is 0.273 e. The number of fused-ring (bicyclic) bond motifs is 1. The third kappa shape index (κ3) is 2.15. The fourth-order valence-electron chi connectivity index (χ4n) is 2.06. The van der Waals surface area contributed by atoms with E-state index in [-0.39, 0.29) is 5.91 Å². The molecule has 0 fully saturated rings. The zero-order valence-corrected chi connectivity index (χ0v) is 12.0. The minimum Gasteiger partial charge on any atom is -0.359 e. The lowest BCUT2D eigenvalue weighted by Gasteiger charge is -2.32. The SMILES string of the molecule is CC(C)c1cc(CN2c3nc[nH]c3C(=O)NC2S)on1. The summed E-state index contributed by atoms with van der Waals surface area (Å²) in [6.07, 6.45) is 1.49. The molecule has 106 valence electrons. The van der Waals surface area contributed by atoms with Gasteiger partial charge in [0.1, 0.15) is 11.2 Å². The summed E-state index contributed by atoms with van der Waals surface area (Å²) in [6.45, 7) is 4.54. The van der Waals surface area contributed by atoms with Gasteiger partial charge in [-0.1, -0.05) is 19.0 Å². The zero-order chi connectivity index (χ0) is 14.3. The standard InChI is InChI=1S/C12H15N5O2S/c1-6(2)8-3-7(19-16-8)4-17-10-9(13-5-14-10)11(18)15-12(17)20/h3,5-6,12,20H,4H2,1-2H3,(H,13,14)(H,15,18). The first-order chi connectivity index (χ1) is 9.56. The molecule has 3 rings (SSSR count). The smallest absolute Gasteiger partial charge is 0.273 e. The number of hydrogen-bond donors (Lipinski definition) is 3. The molecular formula is C12H15N5O2S. The molecule has 0 saturated carbocycles. The second-order valence-corrected chi connectivity index (χ2v) is 5.44. The number of thiol groups is 1. The summed E-state index contributed by atoms with van der Waals surface area (Å²) < 4.78 is 5.32. The average molecular weight is 293 g/mol. The van der Waals surface area contributed by atoms with E-state index in [0.29, 0.717) is 29.7 Å². The van der Waals surface area contributed by atoms with E-state index >= 15 is 0 Å². The van der Waals surface area contributed by atoms with Gasteiger partial charge in [-0.05, 0) is 5.92 Å². The zero-order valence-electron chi connectivity index (χ0n) is 11.1. The molecule has 0 aromatic carbocycles. The minimum absolute atomic E-state index is 0.214. The molecule has 1 atom stereocenters. The van der Waals surface area contributed by atoms with Crippen molar-refractivity contribution in [3.63, 3.8) is 0 Å². The first kappa shape index (κ1) is 13.0. The van der Waals surface area contributed by atoms with Crippen LogP contribution in [0.5, 0.6) is 0 Å². The second kappa shape index (κ2) is 4.86. The number of hydrogen-bond acceptors (Lipinski definition) is 6. The number of nitrogens with one attached hydrogen (secondary N) is 2. The first-order valence-electron chi connectivity index (χ1n) is 6.30. The molecule has 2 aromatic rings. The van der Waals surface area contributed by atoms with Gasteiger partial charge in [-0.15, -0.1) is 12.6 Å². The highest BCUT2D eigenvalue weighted by Gasteiger charge is 2.31. The molecule has 1 amide bonds. The fourth-order valence-corrected chi connectivity index (χ4v) is 2.37. The van der Waals surface area contributed by atoms with Crippen LogP contribution in [0, 0.1) is 0 Å². The number of amides is 1. The Balaban J connectivity index is 1.86. The largest absolute Gasteiger partial charge is 0.359 e. The molecule has 1 aliphatic heterocycles. The molecule has 2 aromatic heterocycles. The van der Waals surface area contributed by atoms with Gasteiger partial charge >= 0.3 is 0 Å². The Kier molecular flexibility index (Phi) is 3.17. The van der Waals surface area contributed by atoms with Gasteiger partial charge in [0.2, 0.25) is 0 Å². The predicted molar refractivity (Wildman–Crippen MR) is 75.6 cm³/mol. The summed E-state index contributed by atoms with van der Waals surface area (Å²) in [5.74, 6) is 1.37. The Bertz CT molecular complexity index is 635. The van der Waals surface area contributed by atoms with Crippen molar-refractivity contribution < 1.29 is 9.32 Å². The van der Waals surface area contributed by atoms with Crippen LogP contribution in [-0.4, -0.2) is 26.5 Å². The van der Waals surface area contributed by atoms with Crippen LogP contribution in [0.15, 0.2) is 16.9 Å². The highest BCUT2D eigenvalue weighted by molar-refractivity contribution is 7.81. The quantitative estimate of drug-likeness (QED) is 0.746. The number of imidazole rings is 1. The van der Waals surface area contributed by atoms with Crippen LogP contribution in [0.3, 0.4) is 0 Å². The van der Waals surface area contributed by atoms with Crippen LogP contribution < -0.4 is 10.2 Å². The second-order valence-electron chi connectivity index (χ2n) is 4.95. The molecule has 1 unspecified atom stereocenters. The van der Waals surface area contributed by atoms with Crippen molar-refractivity contribution in [3.8, 4) is 0 Å². The van der Waals surface area contributed by atoms with E-state index in [1.807, 2.05) is 11.0 Å². The number of carbonyl (C=O) groups is 1. The molecular weight excluding hydrogens is 278 g/mol. The van der Waals surface area contributed by atoms with E-state index < -0.39 is 5.50 Å². The molecule has 0 aliphatic carbocycles. The fraction of sp³-hybridized carbons (Fsp3) is 0.417. The van der Waals surface area contributed by atoms with Crippen molar-refractivity contribution in [2.45, 2.75) is 31.8 Å². The summed E-state index contributed by atoms with van der Waals surface area (Å²) in [7, 11) is 0. The molecule has 0 saturated heterocycles. The average Bonchev–Trinajstić information content (AvgIpc) is 3.03. The third-order valence-corrected chi connectivity index (χ3v) is 3.58. The van der Waals surface area contributed by atoms with Crippen molar-refractivity contribution in [1.29, 1.82) is 0 Å². The summed E-state index contributed by atoms with van der Waals surface area (Å²) in [5, 5.41) is 6.76. The molecule has 20 heavy (non-hydrogen) atoms. The van der Waals surface area contributed by atoms with Gasteiger partial charge in [0.05, 0.1) is 18.6 Å². The van der Waals surface area contributed by atoms with Gasteiger partial charge in [-0.3, -0.25) is 4.79 Å². The van der Waals surface area contributed by atoms with Crippen LogP contribution in [0.25, 0.3) is 0 Å². The molecule has 8 heteroatoms. The molecule has 3 heterocycles. The van der Waals surface area contributed by atoms with Crippen molar-refractivity contribution in [1.82, 2.24) is 20.4 Å². The number of aromatic nitrogens is 3.